The van der Waals surface area contributed by atoms with Crippen LogP contribution in [0.15, 0.2) is 47.6 Å². The predicted molar refractivity (Wildman–Crippen MR) is 117 cm³/mol. The number of hydrogen-bond acceptors (Lipinski definition) is 3. The Morgan fingerprint density at radius 2 is 2.10 bits per heavy atom. The van der Waals surface area contributed by atoms with Gasteiger partial charge in [-0.1, -0.05) is 61.2 Å². The van der Waals surface area contributed by atoms with Crippen molar-refractivity contribution in [1.82, 2.24) is 5.43 Å². The molecule has 2 aliphatic carbocycles. The van der Waals surface area contributed by atoms with Crippen LogP contribution in [0.4, 0.5) is 0 Å². The fourth-order valence-corrected chi connectivity index (χ4v) is 5.06. The highest BCUT2D eigenvalue weighted by atomic mass is 35.5. The van der Waals surface area contributed by atoms with Gasteiger partial charge in [0.05, 0.1) is 6.21 Å². The Morgan fingerprint density at radius 1 is 1.28 bits per heavy atom. The van der Waals surface area contributed by atoms with Crippen LogP contribution in [0.25, 0.3) is 0 Å². The van der Waals surface area contributed by atoms with Crippen LogP contribution in [-0.4, -0.2) is 12.1 Å². The van der Waals surface area contributed by atoms with E-state index in [1.165, 1.54) is 12.8 Å². The molecule has 2 aliphatic rings. The number of halogens is 2. The van der Waals surface area contributed by atoms with E-state index in [-0.39, 0.29) is 17.2 Å². The summed E-state index contributed by atoms with van der Waals surface area (Å²) in [5, 5.41) is 5.34. The summed E-state index contributed by atoms with van der Waals surface area (Å²) in [6.07, 6.45) is 6.38. The molecule has 4 nitrogen and oxygen atoms in total. The third-order valence-corrected chi connectivity index (χ3v) is 6.90. The second-order valence-electron chi connectivity index (χ2n) is 8.13. The van der Waals surface area contributed by atoms with Gasteiger partial charge < -0.3 is 4.74 Å². The van der Waals surface area contributed by atoms with Crippen LogP contribution in [0.3, 0.4) is 0 Å². The molecule has 29 heavy (non-hydrogen) atoms. The Bertz CT molecular complexity index is 946. The highest BCUT2D eigenvalue weighted by molar-refractivity contribution is 6.35. The number of nitrogens with zero attached hydrogens (tertiary/aromatic N) is 1. The summed E-state index contributed by atoms with van der Waals surface area (Å²) in [5.41, 5.74) is 4.54. The molecule has 2 aromatic carbocycles. The van der Waals surface area contributed by atoms with Crippen molar-refractivity contribution in [1.29, 1.82) is 0 Å². The maximum atomic E-state index is 12.5. The van der Waals surface area contributed by atoms with Crippen molar-refractivity contribution in [3.8, 4) is 5.75 Å². The second-order valence-corrected chi connectivity index (χ2v) is 8.98. The van der Waals surface area contributed by atoms with Gasteiger partial charge in [0, 0.05) is 27.1 Å². The molecule has 0 saturated heterocycles. The zero-order valence-electron chi connectivity index (χ0n) is 16.3. The van der Waals surface area contributed by atoms with Crippen LogP contribution < -0.4 is 10.2 Å². The molecule has 2 fully saturated rings. The molecule has 2 aromatic rings. The summed E-state index contributed by atoms with van der Waals surface area (Å²) < 4.78 is 5.92. The quantitative estimate of drug-likeness (QED) is 0.461. The summed E-state index contributed by atoms with van der Waals surface area (Å²) in [7, 11) is 0. The number of benzene rings is 2. The fourth-order valence-electron chi connectivity index (χ4n) is 4.60. The van der Waals surface area contributed by atoms with E-state index in [1.807, 2.05) is 30.3 Å². The normalized spacial score (nSPS) is 25.5. The molecule has 0 bridgehead atoms. The lowest BCUT2D eigenvalue weighted by molar-refractivity contribution is -0.123. The number of fused-ring (bicyclic) bond motifs is 1. The number of hydrogen-bond donors (Lipinski definition) is 1. The molecule has 0 spiro atoms. The molecule has 2 saturated carbocycles. The maximum Gasteiger partial charge on any atom is 0.244 e. The van der Waals surface area contributed by atoms with Crippen molar-refractivity contribution in [2.45, 2.75) is 39.2 Å². The van der Waals surface area contributed by atoms with Gasteiger partial charge in [0.15, 0.2) is 0 Å². The zero-order chi connectivity index (χ0) is 20.4. The SMILES string of the molecule is C[C@]12CCCC[C@H]1[C@@H]2C(=O)N/N=C\c1ccccc1OCc1ccc(Cl)cc1Cl. The van der Waals surface area contributed by atoms with Gasteiger partial charge in [0.1, 0.15) is 12.4 Å². The summed E-state index contributed by atoms with van der Waals surface area (Å²) >= 11 is 12.2. The Balaban J connectivity index is 1.37. The molecule has 152 valence electrons. The monoisotopic (exact) mass is 430 g/mol. The number of hydrazone groups is 1. The Morgan fingerprint density at radius 3 is 2.86 bits per heavy atom. The van der Waals surface area contributed by atoms with E-state index in [0.717, 1.165) is 24.0 Å². The van der Waals surface area contributed by atoms with E-state index in [0.29, 0.717) is 28.3 Å². The molecular weight excluding hydrogens is 407 g/mol. The lowest BCUT2D eigenvalue weighted by Crippen LogP contribution is -2.22. The van der Waals surface area contributed by atoms with Gasteiger partial charge in [-0.05, 0) is 48.4 Å². The van der Waals surface area contributed by atoms with Crippen LogP contribution in [0.5, 0.6) is 5.75 Å². The van der Waals surface area contributed by atoms with Crippen molar-refractivity contribution >= 4 is 35.3 Å². The first-order valence-electron chi connectivity index (χ1n) is 9.98. The number of nitrogens with one attached hydrogen (secondary N) is 1. The lowest BCUT2D eigenvalue weighted by atomic mass is 9.90. The van der Waals surface area contributed by atoms with Crippen LogP contribution in [0, 0.1) is 17.3 Å². The molecular formula is C23H24Cl2N2O2. The zero-order valence-corrected chi connectivity index (χ0v) is 17.8. The highest BCUT2D eigenvalue weighted by Crippen LogP contribution is 2.66. The summed E-state index contributed by atoms with van der Waals surface area (Å²) in [5.74, 6) is 1.32. The molecule has 0 aliphatic heterocycles. The fraction of sp³-hybridized carbons (Fsp3) is 0.391. The van der Waals surface area contributed by atoms with Crippen LogP contribution in [0.2, 0.25) is 10.0 Å². The summed E-state index contributed by atoms with van der Waals surface area (Å²) in [4.78, 5) is 12.5. The molecule has 1 amide bonds. The van der Waals surface area contributed by atoms with Gasteiger partial charge >= 0.3 is 0 Å². The van der Waals surface area contributed by atoms with Gasteiger partial charge in [0.25, 0.3) is 0 Å². The first-order valence-corrected chi connectivity index (χ1v) is 10.7. The molecule has 6 heteroatoms. The Hall–Kier alpha value is -2.04. The predicted octanol–water partition coefficient (Wildman–Crippen LogP) is 5.85. The van der Waals surface area contributed by atoms with E-state index in [4.69, 9.17) is 27.9 Å². The summed E-state index contributed by atoms with van der Waals surface area (Å²) in [6, 6.07) is 12.9. The van der Waals surface area contributed by atoms with Gasteiger partial charge in [-0.15, -0.1) is 0 Å². The standard InChI is InChI=1S/C23H24Cl2N2O2/c1-23-11-5-4-7-18(23)21(23)22(28)27-26-13-15-6-2-3-8-20(15)29-14-16-9-10-17(24)12-19(16)25/h2-3,6,8-10,12-13,18,21H,4-5,7,11,14H2,1H3,(H,27,28)/b26-13-/t18-,21+,23-/m0/s1. The van der Waals surface area contributed by atoms with E-state index in [2.05, 4.69) is 17.5 Å². The van der Waals surface area contributed by atoms with Crippen molar-refractivity contribution in [2.75, 3.05) is 0 Å². The van der Waals surface area contributed by atoms with Crippen molar-refractivity contribution < 1.29 is 9.53 Å². The van der Waals surface area contributed by atoms with E-state index >= 15 is 0 Å². The van der Waals surface area contributed by atoms with Crippen molar-refractivity contribution in [3.63, 3.8) is 0 Å². The third kappa shape index (κ3) is 4.29. The maximum absolute atomic E-state index is 12.5. The van der Waals surface area contributed by atoms with Crippen LogP contribution >= 0.6 is 23.2 Å². The minimum absolute atomic E-state index is 0.0296. The van der Waals surface area contributed by atoms with Gasteiger partial charge in [-0.3, -0.25) is 4.79 Å². The van der Waals surface area contributed by atoms with E-state index in [9.17, 15) is 4.79 Å². The Kier molecular flexibility index (Phi) is 5.84. The molecule has 0 radical (unpaired) electrons. The molecule has 0 unspecified atom stereocenters. The van der Waals surface area contributed by atoms with Crippen LogP contribution in [0.1, 0.15) is 43.7 Å². The molecule has 3 atom stereocenters. The lowest BCUT2D eigenvalue weighted by Gasteiger charge is -2.15. The Labute approximate surface area is 181 Å². The average Bonchev–Trinajstić information content (AvgIpc) is 3.33. The first-order chi connectivity index (χ1) is 14.0. The number of carbonyl (C=O) groups excluding carboxylic acids is 1. The van der Waals surface area contributed by atoms with E-state index < -0.39 is 0 Å². The third-order valence-electron chi connectivity index (χ3n) is 6.31. The van der Waals surface area contributed by atoms with Gasteiger partial charge in [-0.25, -0.2) is 5.43 Å². The molecule has 0 heterocycles. The average molecular weight is 431 g/mol. The number of rotatable bonds is 6. The largest absolute Gasteiger partial charge is 0.488 e. The topological polar surface area (TPSA) is 50.7 Å². The summed E-state index contributed by atoms with van der Waals surface area (Å²) in [6.45, 7) is 2.55. The number of amides is 1. The highest BCUT2D eigenvalue weighted by Gasteiger charge is 2.64. The van der Waals surface area contributed by atoms with E-state index in [1.54, 1.807) is 18.3 Å². The van der Waals surface area contributed by atoms with Crippen LogP contribution in [-0.2, 0) is 11.4 Å². The number of ether oxygens (including phenoxy) is 1. The van der Waals surface area contributed by atoms with Gasteiger partial charge in [0.2, 0.25) is 5.91 Å². The van der Waals surface area contributed by atoms with Crippen molar-refractivity contribution in [2.24, 2.45) is 22.4 Å². The smallest absolute Gasteiger partial charge is 0.244 e. The molecule has 0 aromatic heterocycles. The minimum atomic E-state index is 0.0296. The number of carbonyl (C=O) groups is 1. The number of para-hydroxylation sites is 1. The van der Waals surface area contributed by atoms with Gasteiger partial charge in [-0.2, -0.15) is 5.10 Å². The second kappa shape index (κ2) is 8.37. The van der Waals surface area contributed by atoms with Crippen molar-refractivity contribution in [3.05, 3.63) is 63.6 Å². The molecule has 4 rings (SSSR count). The molecule has 1 N–H and O–H groups in total. The minimum Gasteiger partial charge on any atom is -0.488 e. The first kappa shape index (κ1) is 20.2.